The second-order valence-electron chi connectivity index (χ2n) is 10.5. The van der Waals surface area contributed by atoms with Gasteiger partial charge >= 0.3 is 0 Å². The minimum Gasteiger partial charge on any atom is -0.340 e. The average Bonchev–Trinajstić information content (AvgIpc) is 3.18. The number of carbonyl (C=O) groups excluding carboxylic acids is 1. The van der Waals surface area contributed by atoms with Crippen molar-refractivity contribution in [2.24, 2.45) is 5.92 Å². The lowest BCUT2D eigenvalue weighted by Gasteiger charge is -2.19. The van der Waals surface area contributed by atoms with Gasteiger partial charge in [-0.25, -0.2) is 0 Å². The van der Waals surface area contributed by atoms with Gasteiger partial charge in [0.05, 0.1) is 5.52 Å². The lowest BCUT2D eigenvalue weighted by atomic mass is 9.89. The molecule has 0 aliphatic carbocycles. The summed E-state index contributed by atoms with van der Waals surface area (Å²) in [7, 11) is 0. The monoisotopic (exact) mass is 475 g/mol. The third kappa shape index (κ3) is 4.13. The zero-order chi connectivity index (χ0) is 25.4. The van der Waals surface area contributed by atoms with Gasteiger partial charge in [-0.3, -0.25) is 4.79 Å². The zero-order valence-corrected chi connectivity index (χ0v) is 22.3. The molecule has 36 heavy (non-hydrogen) atoms. The fourth-order valence-corrected chi connectivity index (χ4v) is 6.14. The molecular formula is C34H37NO. The third-order valence-electron chi connectivity index (χ3n) is 7.90. The smallest absolute Gasteiger partial charge is 0.194 e. The Morgan fingerprint density at radius 3 is 2.11 bits per heavy atom. The number of hydrogen-bond acceptors (Lipinski definition) is 1. The summed E-state index contributed by atoms with van der Waals surface area (Å²) >= 11 is 0. The molecule has 0 amide bonds. The molecule has 0 radical (unpaired) electrons. The van der Waals surface area contributed by atoms with Crippen molar-refractivity contribution in [2.45, 2.75) is 66.8 Å². The van der Waals surface area contributed by atoms with Crippen LogP contribution in [-0.2, 0) is 6.54 Å². The van der Waals surface area contributed by atoms with Crippen molar-refractivity contribution >= 4 is 38.4 Å². The first-order valence-corrected chi connectivity index (χ1v) is 13.5. The van der Waals surface area contributed by atoms with E-state index in [1.165, 1.54) is 58.4 Å². The molecule has 0 fully saturated rings. The topological polar surface area (TPSA) is 22.0 Å². The molecule has 0 N–H and O–H groups in total. The predicted octanol–water partition coefficient (Wildman–Crippen LogP) is 9.32. The first kappa shape index (κ1) is 24.3. The molecule has 4 aromatic carbocycles. The molecule has 184 valence electrons. The first-order valence-electron chi connectivity index (χ1n) is 13.5. The Balaban J connectivity index is 1.80. The van der Waals surface area contributed by atoms with Crippen molar-refractivity contribution in [3.8, 4) is 0 Å². The van der Waals surface area contributed by atoms with Crippen molar-refractivity contribution in [1.29, 1.82) is 0 Å². The maximum atomic E-state index is 14.1. The van der Waals surface area contributed by atoms with E-state index in [9.17, 15) is 4.79 Å². The van der Waals surface area contributed by atoms with E-state index < -0.39 is 0 Å². The van der Waals surface area contributed by atoms with Gasteiger partial charge in [-0.15, -0.1) is 0 Å². The standard InChI is InChI=1S/C34H37NO/c1-6-8-13-25(7-2)21-35-31-17-12-11-15-27(31)29-20-30(26-14-9-10-16-28(26)33(29)35)34(36)32-23(4)18-22(3)19-24(32)5/h9-12,14-20,25H,6-8,13,21H2,1-5H3. The number of aromatic nitrogens is 1. The molecule has 0 aliphatic rings. The quantitative estimate of drug-likeness (QED) is 0.205. The molecule has 0 saturated carbocycles. The molecule has 0 bridgehead atoms. The van der Waals surface area contributed by atoms with E-state index >= 15 is 0 Å². The number of hydrogen-bond donors (Lipinski definition) is 0. The summed E-state index contributed by atoms with van der Waals surface area (Å²) in [6, 6.07) is 23.6. The van der Waals surface area contributed by atoms with Crippen LogP contribution in [0.2, 0.25) is 0 Å². The lowest BCUT2D eigenvalue weighted by Crippen LogP contribution is -2.11. The van der Waals surface area contributed by atoms with E-state index in [2.05, 4.69) is 106 Å². The van der Waals surface area contributed by atoms with Crippen LogP contribution in [0.25, 0.3) is 32.6 Å². The Morgan fingerprint density at radius 2 is 1.44 bits per heavy atom. The Bertz CT molecular complexity index is 1560. The molecular weight excluding hydrogens is 438 g/mol. The van der Waals surface area contributed by atoms with Gasteiger partial charge in [0.2, 0.25) is 0 Å². The van der Waals surface area contributed by atoms with Crippen LogP contribution in [0.3, 0.4) is 0 Å². The van der Waals surface area contributed by atoms with E-state index in [-0.39, 0.29) is 5.78 Å². The molecule has 1 unspecified atom stereocenters. The van der Waals surface area contributed by atoms with Gasteiger partial charge in [-0.2, -0.15) is 0 Å². The van der Waals surface area contributed by atoms with Crippen molar-refractivity contribution in [1.82, 2.24) is 4.57 Å². The van der Waals surface area contributed by atoms with Gasteiger partial charge in [0.25, 0.3) is 0 Å². The van der Waals surface area contributed by atoms with E-state index in [0.29, 0.717) is 5.92 Å². The summed E-state index contributed by atoms with van der Waals surface area (Å²) in [6.07, 6.45) is 4.93. The SMILES string of the molecule is CCCCC(CC)Cn1c2ccccc2c2cc(C(=O)c3c(C)cc(C)cc3C)c3ccccc3c21. The van der Waals surface area contributed by atoms with Crippen molar-refractivity contribution in [3.05, 3.63) is 94.5 Å². The van der Waals surface area contributed by atoms with E-state index in [4.69, 9.17) is 0 Å². The fourth-order valence-electron chi connectivity index (χ4n) is 6.14. The second kappa shape index (κ2) is 9.93. The second-order valence-corrected chi connectivity index (χ2v) is 10.5. The predicted molar refractivity (Wildman–Crippen MR) is 154 cm³/mol. The summed E-state index contributed by atoms with van der Waals surface area (Å²) in [6.45, 7) is 11.8. The number of nitrogens with zero attached hydrogens (tertiary/aromatic N) is 1. The zero-order valence-electron chi connectivity index (χ0n) is 22.3. The largest absolute Gasteiger partial charge is 0.340 e. The van der Waals surface area contributed by atoms with Gasteiger partial charge < -0.3 is 4.57 Å². The summed E-state index contributed by atoms with van der Waals surface area (Å²) in [5, 5.41) is 4.62. The Morgan fingerprint density at radius 1 is 0.806 bits per heavy atom. The summed E-state index contributed by atoms with van der Waals surface area (Å²) in [4.78, 5) is 14.1. The molecule has 2 nitrogen and oxygen atoms in total. The number of para-hydroxylation sites is 1. The fraction of sp³-hybridized carbons (Fsp3) is 0.324. The van der Waals surface area contributed by atoms with Gasteiger partial charge in [0, 0.05) is 39.3 Å². The van der Waals surface area contributed by atoms with Crippen molar-refractivity contribution in [2.75, 3.05) is 0 Å². The highest BCUT2D eigenvalue weighted by molar-refractivity contribution is 6.26. The maximum absolute atomic E-state index is 14.1. The minimum absolute atomic E-state index is 0.120. The van der Waals surface area contributed by atoms with E-state index in [0.717, 1.165) is 34.2 Å². The molecule has 0 aliphatic heterocycles. The van der Waals surface area contributed by atoms with Crippen LogP contribution in [0.5, 0.6) is 0 Å². The Labute approximate surface area is 214 Å². The summed E-state index contributed by atoms with van der Waals surface area (Å²) in [5.74, 6) is 0.760. The molecule has 5 aromatic rings. The highest BCUT2D eigenvalue weighted by Gasteiger charge is 2.22. The van der Waals surface area contributed by atoms with Crippen LogP contribution in [0.15, 0.2) is 66.7 Å². The highest BCUT2D eigenvalue weighted by Crippen LogP contribution is 2.38. The highest BCUT2D eigenvalue weighted by atomic mass is 16.1. The first-order chi connectivity index (χ1) is 17.4. The van der Waals surface area contributed by atoms with Crippen LogP contribution >= 0.6 is 0 Å². The van der Waals surface area contributed by atoms with Gasteiger partial charge in [-0.1, -0.05) is 93.3 Å². The normalized spacial score (nSPS) is 12.6. The van der Waals surface area contributed by atoms with Gasteiger partial charge in [0.15, 0.2) is 5.78 Å². The van der Waals surface area contributed by atoms with Crippen LogP contribution in [0.4, 0.5) is 0 Å². The molecule has 0 saturated heterocycles. The molecule has 5 rings (SSSR count). The van der Waals surface area contributed by atoms with Crippen molar-refractivity contribution < 1.29 is 4.79 Å². The molecule has 0 spiro atoms. The number of carbonyl (C=O) groups is 1. The molecule has 1 aromatic heterocycles. The number of ketones is 1. The van der Waals surface area contributed by atoms with E-state index in [1.54, 1.807) is 0 Å². The van der Waals surface area contributed by atoms with Crippen LogP contribution in [-0.4, -0.2) is 10.4 Å². The number of fused-ring (bicyclic) bond motifs is 5. The minimum atomic E-state index is 0.120. The van der Waals surface area contributed by atoms with Crippen molar-refractivity contribution in [3.63, 3.8) is 0 Å². The summed E-state index contributed by atoms with van der Waals surface area (Å²) in [5.41, 5.74) is 7.44. The van der Waals surface area contributed by atoms with Gasteiger partial charge in [0.1, 0.15) is 0 Å². The number of benzene rings is 4. The summed E-state index contributed by atoms with van der Waals surface area (Å²) < 4.78 is 2.54. The third-order valence-corrected chi connectivity index (χ3v) is 7.90. The van der Waals surface area contributed by atoms with Crippen LogP contribution in [0, 0.1) is 26.7 Å². The van der Waals surface area contributed by atoms with Crippen LogP contribution in [0.1, 0.15) is 72.1 Å². The average molecular weight is 476 g/mol. The van der Waals surface area contributed by atoms with Gasteiger partial charge in [-0.05, 0) is 61.8 Å². The molecule has 1 heterocycles. The number of aryl methyl sites for hydroxylation is 3. The molecule has 1 atom stereocenters. The van der Waals surface area contributed by atoms with Crippen LogP contribution < -0.4 is 0 Å². The number of rotatable bonds is 8. The molecule has 2 heteroatoms. The van der Waals surface area contributed by atoms with E-state index in [1.807, 2.05) is 0 Å². The Hall–Kier alpha value is -3.39. The maximum Gasteiger partial charge on any atom is 0.194 e. The lowest BCUT2D eigenvalue weighted by molar-refractivity contribution is 0.103. The Kier molecular flexibility index (Phi) is 6.71. The number of unbranched alkanes of at least 4 members (excludes halogenated alkanes) is 1.